The van der Waals surface area contributed by atoms with E-state index < -0.39 is 11.9 Å². The second-order valence-electron chi connectivity index (χ2n) is 6.88. The molecule has 9 heteroatoms. The smallest absolute Gasteiger partial charge is 0.338 e. The molecule has 0 aliphatic carbocycles. The first-order chi connectivity index (χ1) is 15.6. The zero-order valence-electron chi connectivity index (χ0n) is 17.3. The number of rotatable bonds is 7. The predicted octanol–water partition coefficient (Wildman–Crippen LogP) is 3.63. The molecule has 0 unspecified atom stereocenters. The molecule has 1 saturated heterocycles. The molecule has 0 atom stereocenters. The topological polar surface area (TPSA) is 98.9 Å². The summed E-state index contributed by atoms with van der Waals surface area (Å²) in [6.45, 7) is 0.447. The molecule has 2 aromatic heterocycles. The first-order valence-electron chi connectivity index (χ1n) is 9.90. The number of esters is 2. The second-order valence-corrected chi connectivity index (χ2v) is 7.87. The number of hydrogen-bond acceptors (Lipinski definition) is 8. The van der Waals surface area contributed by atoms with Gasteiger partial charge in [-0.2, -0.15) is 0 Å². The van der Waals surface area contributed by atoms with Crippen molar-refractivity contribution in [2.24, 2.45) is 0 Å². The van der Waals surface area contributed by atoms with Crippen molar-refractivity contribution in [1.29, 1.82) is 0 Å². The number of para-hydroxylation sites is 1. The van der Waals surface area contributed by atoms with Crippen LogP contribution in [0.5, 0.6) is 0 Å². The molecule has 0 N–H and O–H groups in total. The van der Waals surface area contributed by atoms with Crippen LogP contribution in [-0.2, 0) is 19.1 Å². The van der Waals surface area contributed by atoms with Crippen LogP contribution in [0.2, 0.25) is 0 Å². The number of pyridine rings is 1. The molecule has 1 aliphatic rings. The number of carbonyl (C=O) groups excluding carboxylic acids is 3. The lowest BCUT2D eigenvalue weighted by molar-refractivity contribution is -0.134. The minimum absolute atomic E-state index is 0.0975. The third-order valence-corrected chi connectivity index (χ3v) is 5.85. The Balaban J connectivity index is 1.44. The fraction of sp³-hybridized carbons (Fsp3) is 0.217. The Kier molecular flexibility index (Phi) is 6.55. The molecular weight excluding hydrogens is 432 g/mol. The number of methoxy groups -OCH3 is 1. The molecule has 1 amide bonds. The van der Waals surface area contributed by atoms with Crippen molar-refractivity contribution < 1.29 is 28.3 Å². The fourth-order valence-electron chi connectivity index (χ4n) is 3.29. The minimum Gasteiger partial charge on any atom is -0.466 e. The van der Waals surface area contributed by atoms with Gasteiger partial charge < -0.3 is 18.8 Å². The lowest BCUT2D eigenvalue weighted by Crippen LogP contribution is -2.27. The summed E-state index contributed by atoms with van der Waals surface area (Å²) < 4.78 is 15.5. The van der Waals surface area contributed by atoms with E-state index in [-0.39, 0.29) is 18.3 Å². The average molecular weight is 452 g/mol. The lowest BCUT2D eigenvalue weighted by Gasteiger charge is -2.16. The highest BCUT2D eigenvalue weighted by molar-refractivity contribution is 8.04. The molecule has 1 aromatic carbocycles. The van der Waals surface area contributed by atoms with Crippen molar-refractivity contribution in [1.82, 2.24) is 9.88 Å². The minimum atomic E-state index is -0.518. The summed E-state index contributed by atoms with van der Waals surface area (Å²) >= 11 is 1.28. The number of hydrogen-bond donors (Lipinski definition) is 0. The molecule has 3 heterocycles. The average Bonchev–Trinajstić information content (AvgIpc) is 3.46. The summed E-state index contributed by atoms with van der Waals surface area (Å²) in [6, 6.07) is 12.5. The van der Waals surface area contributed by atoms with Crippen molar-refractivity contribution >= 4 is 40.5 Å². The number of fused-ring (bicyclic) bond motifs is 1. The predicted molar refractivity (Wildman–Crippen MR) is 119 cm³/mol. The highest BCUT2D eigenvalue weighted by atomic mass is 32.2. The van der Waals surface area contributed by atoms with E-state index in [1.165, 1.54) is 29.8 Å². The van der Waals surface area contributed by atoms with Crippen LogP contribution in [0.3, 0.4) is 0 Å². The summed E-state index contributed by atoms with van der Waals surface area (Å²) in [7, 11) is 1.28. The maximum Gasteiger partial charge on any atom is 0.338 e. The molecule has 0 spiro atoms. The molecule has 0 radical (unpaired) electrons. The molecule has 32 heavy (non-hydrogen) atoms. The van der Waals surface area contributed by atoms with Gasteiger partial charge in [0.2, 0.25) is 5.91 Å². The van der Waals surface area contributed by atoms with E-state index in [9.17, 15) is 14.4 Å². The third-order valence-electron chi connectivity index (χ3n) is 4.82. The van der Waals surface area contributed by atoms with E-state index in [1.807, 2.05) is 24.3 Å². The number of ether oxygens (including phenoxy) is 2. The van der Waals surface area contributed by atoms with E-state index in [4.69, 9.17) is 9.15 Å². The maximum atomic E-state index is 12.9. The molecule has 0 bridgehead atoms. The van der Waals surface area contributed by atoms with Crippen LogP contribution >= 0.6 is 11.8 Å². The Morgan fingerprint density at radius 3 is 2.88 bits per heavy atom. The van der Waals surface area contributed by atoms with Gasteiger partial charge in [-0.05, 0) is 30.7 Å². The summed E-state index contributed by atoms with van der Waals surface area (Å²) in [5.41, 5.74) is 1.59. The van der Waals surface area contributed by atoms with E-state index in [0.717, 1.165) is 0 Å². The monoisotopic (exact) mass is 452 g/mol. The van der Waals surface area contributed by atoms with E-state index in [0.29, 0.717) is 45.9 Å². The maximum absolute atomic E-state index is 12.9. The zero-order chi connectivity index (χ0) is 22.5. The molecule has 0 saturated carbocycles. The number of nitrogens with zero attached hydrogens (tertiary/aromatic N) is 2. The first-order valence-corrected chi connectivity index (χ1v) is 10.9. The van der Waals surface area contributed by atoms with Crippen LogP contribution in [-0.4, -0.2) is 53.7 Å². The zero-order valence-corrected chi connectivity index (χ0v) is 18.1. The molecule has 4 rings (SSSR count). The van der Waals surface area contributed by atoms with Gasteiger partial charge in [0, 0.05) is 11.9 Å². The van der Waals surface area contributed by atoms with Gasteiger partial charge >= 0.3 is 11.9 Å². The standard InChI is InChI=1S/C23H20N2O6S/c1-29-22(27)13-21-25(20(26)14-32-21)9-5-11-31-23(28)16-12-18(19-8-4-10-30-19)24-17-7-3-2-6-15(16)17/h2-4,6-8,10,12-13H,5,9,11,14H2,1H3/b21-13+. The largest absolute Gasteiger partial charge is 0.466 e. The quantitative estimate of drug-likeness (QED) is 0.304. The number of amides is 1. The molecular formula is C23H20N2O6S. The Hall–Kier alpha value is -3.59. The van der Waals surface area contributed by atoms with Gasteiger partial charge in [0.05, 0.1) is 47.9 Å². The van der Waals surface area contributed by atoms with Gasteiger partial charge in [-0.15, -0.1) is 0 Å². The van der Waals surface area contributed by atoms with E-state index in [2.05, 4.69) is 9.72 Å². The number of thioether (sulfide) groups is 1. The normalized spacial score (nSPS) is 14.8. The third kappa shape index (κ3) is 4.67. The van der Waals surface area contributed by atoms with Crippen LogP contribution < -0.4 is 0 Å². The van der Waals surface area contributed by atoms with Crippen molar-refractivity contribution in [3.05, 3.63) is 65.4 Å². The van der Waals surface area contributed by atoms with Crippen LogP contribution in [0, 0.1) is 0 Å². The van der Waals surface area contributed by atoms with E-state index >= 15 is 0 Å². The number of furan rings is 1. The van der Waals surface area contributed by atoms with Crippen molar-refractivity contribution in [3.8, 4) is 11.5 Å². The Labute approximate surface area is 188 Å². The fourth-order valence-corrected chi connectivity index (χ4v) is 4.24. The lowest BCUT2D eigenvalue weighted by atomic mass is 10.1. The van der Waals surface area contributed by atoms with Gasteiger partial charge in [-0.1, -0.05) is 30.0 Å². The van der Waals surface area contributed by atoms with Crippen LogP contribution in [0.1, 0.15) is 16.8 Å². The molecule has 1 aliphatic heterocycles. The molecule has 164 valence electrons. The SMILES string of the molecule is COC(=O)/C=C1/SCC(=O)N1CCCOC(=O)c1cc(-c2ccco2)nc2ccccc12. The van der Waals surface area contributed by atoms with Crippen LogP contribution in [0.4, 0.5) is 0 Å². The summed E-state index contributed by atoms with van der Waals surface area (Å²) in [5, 5.41) is 1.22. The van der Waals surface area contributed by atoms with Gasteiger partial charge in [0.15, 0.2) is 5.76 Å². The van der Waals surface area contributed by atoms with Gasteiger partial charge in [-0.25, -0.2) is 14.6 Å². The van der Waals surface area contributed by atoms with Gasteiger partial charge in [0.25, 0.3) is 0 Å². The molecule has 3 aromatic rings. The summed E-state index contributed by atoms with van der Waals surface area (Å²) in [5.74, 6) is -0.278. The van der Waals surface area contributed by atoms with Crippen LogP contribution in [0.25, 0.3) is 22.4 Å². The van der Waals surface area contributed by atoms with Crippen molar-refractivity contribution in [3.63, 3.8) is 0 Å². The summed E-state index contributed by atoms with van der Waals surface area (Å²) in [4.78, 5) is 42.5. The number of aromatic nitrogens is 1. The Morgan fingerprint density at radius 2 is 2.09 bits per heavy atom. The molecule has 8 nitrogen and oxygen atoms in total. The first kappa shape index (κ1) is 21.6. The van der Waals surface area contributed by atoms with Gasteiger partial charge in [0.1, 0.15) is 5.69 Å². The Bertz CT molecular complexity index is 1190. The van der Waals surface area contributed by atoms with Crippen molar-refractivity contribution in [2.75, 3.05) is 26.0 Å². The van der Waals surface area contributed by atoms with Gasteiger partial charge in [-0.3, -0.25) is 4.79 Å². The Morgan fingerprint density at radius 1 is 1.25 bits per heavy atom. The van der Waals surface area contributed by atoms with E-state index in [1.54, 1.807) is 24.5 Å². The van der Waals surface area contributed by atoms with Crippen molar-refractivity contribution in [2.45, 2.75) is 6.42 Å². The van der Waals surface area contributed by atoms with Crippen LogP contribution in [0.15, 0.2) is 64.2 Å². The number of benzene rings is 1. The molecule has 1 fully saturated rings. The highest BCUT2D eigenvalue weighted by Gasteiger charge is 2.27. The second kappa shape index (κ2) is 9.69. The number of carbonyl (C=O) groups is 3. The highest BCUT2D eigenvalue weighted by Crippen LogP contribution is 2.29. The summed E-state index contributed by atoms with van der Waals surface area (Å²) in [6.07, 6.45) is 3.26.